The monoisotopic (exact) mass is 1040 g/mol. The molecule has 4 aromatic carbocycles. The van der Waals surface area contributed by atoms with Crippen LogP contribution in [-0.4, -0.2) is 92.6 Å². The molecule has 0 atom stereocenters. The van der Waals surface area contributed by atoms with E-state index in [4.69, 9.17) is 27.6 Å². The summed E-state index contributed by atoms with van der Waals surface area (Å²) < 4.78 is 62.8. The van der Waals surface area contributed by atoms with Crippen molar-refractivity contribution in [1.82, 2.24) is 19.8 Å². The van der Waals surface area contributed by atoms with E-state index in [1.807, 2.05) is 165 Å². The number of benzene rings is 4. The fourth-order valence-electron chi connectivity index (χ4n) is 7.14. The van der Waals surface area contributed by atoms with E-state index in [0.717, 1.165) is 59.1 Å². The highest BCUT2D eigenvalue weighted by Gasteiger charge is 2.51. The van der Waals surface area contributed by atoms with Crippen molar-refractivity contribution < 1.29 is 36.4 Å². The van der Waals surface area contributed by atoms with Crippen molar-refractivity contribution in [3.63, 3.8) is 0 Å². The number of halogens is 3. The van der Waals surface area contributed by atoms with Crippen LogP contribution in [0.2, 0.25) is 0 Å². The van der Waals surface area contributed by atoms with Crippen LogP contribution in [0, 0.1) is 15.4 Å². The van der Waals surface area contributed by atoms with Crippen LogP contribution in [0.15, 0.2) is 140 Å². The summed E-state index contributed by atoms with van der Waals surface area (Å²) in [4.78, 5) is 33.9. The number of hydrogen-bond donors (Lipinski definition) is 2. The van der Waals surface area contributed by atoms with Gasteiger partial charge in [0, 0.05) is 64.8 Å². The lowest BCUT2D eigenvalue weighted by Gasteiger charge is -2.32. The Kier molecular flexibility index (Phi) is 15.8. The Balaban J connectivity index is 0.000000156. The van der Waals surface area contributed by atoms with Crippen molar-refractivity contribution in [2.75, 3.05) is 54.5 Å². The molecule has 5 heterocycles. The maximum Gasteiger partial charge on any atom is 0.494 e. The topological polar surface area (TPSA) is 135 Å². The van der Waals surface area contributed by atoms with Gasteiger partial charge in [-0.25, -0.2) is 8.78 Å². The zero-order chi connectivity index (χ0) is 48.8. The van der Waals surface area contributed by atoms with Crippen LogP contribution in [0.3, 0.4) is 0 Å². The van der Waals surface area contributed by atoms with Crippen LogP contribution < -0.4 is 25.8 Å². The minimum Gasteiger partial charge on any atom is -0.492 e. The Bertz CT molecular complexity index is 3050. The molecule has 1 aliphatic rings. The number of H-pyrrole nitrogens is 2. The summed E-state index contributed by atoms with van der Waals surface area (Å²) in [5.74, 6) is 0.473. The van der Waals surface area contributed by atoms with E-state index in [2.05, 4.69) is 42.6 Å². The van der Waals surface area contributed by atoms with E-state index in [-0.39, 0.29) is 34.8 Å². The Morgan fingerprint density at radius 3 is 1.49 bits per heavy atom. The number of furan rings is 2. The first-order valence-corrected chi connectivity index (χ1v) is 23.1. The molecule has 1 fully saturated rings. The van der Waals surface area contributed by atoms with Crippen LogP contribution in [-0.2, 0) is 9.31 Å². The Hall–Kier alpha value is -6.05. The van der Waals surface area contributed by atoms with Gasteiger partial charge in [-0.2, -0.15) is 0 Å². The third kappa shape index (κ3) is 11.4. The molecule has 9 rings (SSSR count). The highest BCUT2D eigenvalue weighted by atomic mass is 127. The highest BCUT2D eigenvalue weighted by Crippen LogP contribution is 2.40. The summed E-state index contributed by atoms with van der Waals surface area (Å²) in [5.41, 5.74) is 3.21. The van der Waals surface area contributed by atoms with Gasteiger partial charge in [-0.1, -0.05) is 72.8 Å². The third-order valence-corrected chi connectivity index (χ3v) is 12.3. The lowest BCUT2D eigenvalue weighted by atomic mass is 9.79. The fraction of sp³-hybridized carbons (Fsp3) is 0.269. The van der Waals surface area contributed by atoms with E-state index in [1.165, 1.54) is 0 Å². The molecule has 16 heteroatoms. The Morgan fingerprint density at radius 2 is 1.01 bits per heavy atom. The predicted molar refractivity (Wildman–Crippen MR) is 273 cm³/mol. The number of nitrogens with one attached hydrogen (secondary N) is 2. The molecule has 2 N–H and O–H groups in total. The fourth-order valence-corrected chi connectivity index (χ4v) is 7.94. The molecule has 12 nitrogen and oxygen atoms in total. The molecule has 0 amide bonds. The molecular weight excluding hydrogens is 984 g/mol. The van der Waals surface area contributed by atoms with Gasteiger partial charge in [0.15, 0.2) is 15.4 Å². The summed E-state index contributed by atoms with van der Waals surface area (Å²) in [6.07, 6.45) is 2.04. The average Bonchev–Trinajstić information content (AvgIpc) is 3.95. The molecule has 1 saturated heterocycles. The van der Waals surface area contributed by atoms with Gasteiger partial charge >= 0.3 is 7.12 Å². The Morgan fingerprint density at radius 1 is 0.588 bits per heavy atom. The first-order valence-electron chi connectivity index (χ1n) is 22.0. The third-order valence-electron chi connectivity index (χ3n) is 11.6. The normalized spacial score (nSPS) is 13.9. The minimum absolute atomic E-state index is 0.206. The number of aromatic amines is 2. The molecule has 0 radical (unpaired) electrons. The quantitative estimate of drug-likeness (QED) is 0.0900. The van der Waals surface area contributed by atoms with Gasteiger partial charge in [-0.05, 0) is 109 Å². The second-order valence-corrected chi connectivity index (χ2v) is 18.6. The molecule has 354 valence electrons. The van der Waals surface area contributed by atoms with Crippen molar-refractivity contribution >= 4 is 57.4 Å². The van der Waals surface area contributed by atoms with Crippen LogP contribution in [0.5, 0.6) is 11.5 Å². The van der Waals surface area contributed by atoms with Gasteiger partial charge in [-0.15, -0.1) is 0 Å². The van der Waals surface area contributed by atoms with Gasteiger partial charge < -0.3 is 47.4 Å². The van der Waals surface area contributed by atoms with Gasteiger partial charge in [0.25, 0.3) is 0 Å². The minimum atomic E-state index is -0.841. The molecule has 0 unspecified atom stereocenters. The smallest absolute Gasteiger partial charge is 0.492 e. The summed E-state index contributed by atoms with van der Waals surface area (Å²) >= 11 is 2.00. The predicted octanol–water partition coefficient (Wildman–Crippen LogP) is 9.99. The van der Waals surface area contributed by atoms with E-state index in [0.29, 0.717) is 39.6 Å². The van der Waals surface area contributed by atoms with E-state index < -0.39 is 22.5 Å². The molecule has 0 saturated carbocycles. The van der Waals surface area contributed by atoms with Gasteiger partial charge in [0.1, 0.15) is 30.5 Å². The molecule has 4 aromatic heterocycles. The van der Waals surface area contributed by atoms with Crippen LogP contribution in [0.25, 0.3) is 55.8 Å². The van der Waals surface area contributed by atoms with Crippen molar-refractivity contribution in [3.05, 3.63) is 157 Å². The first kappa shape index (κ1) is 49.8. The van der Waals surface area contributed by atoms with Gasteiger partial charge in [0.2, 0.25) is 22.3 Å². The number of nitrogens with zero attached hydrogens (tertiary/aromatic N) is 2. The zero-order valence-corrected chi connectivity index (χ0v) is 41.4. The molecule has 8 aromatic rings. The number of pyridine rings is 2. The maximum atomic E-state index is 14.0. The summed E-state index contributed by atoms with van der Waals surface area (Å²) in [6, 6.07) is 34.1. The van der Waals surface area contributed by atoms with Gasteiger partial charge in [0.05, 0.1) is 22.0 Å². The number of ether oxygens (including phenoxy) is 2. The number of aromatic nitrogens is 2. The second-order valence-electron chi connectivity index (χ2n) is 17.6. The molecular formula is C52H54BF2IN4O8. The second kappa shape index (κ2) is 21.5. The van der Waals surface area contributed by atoms with Crippen LogP contribution in [0.1, 0.15) is 27.7 Å². The number of fused-ring (bicyclic) bond motifs is 2. The number of likely N-dealkylation sites (N-methyl/N-ethyl adjacent to an activating group) is 2. The molecule has 0 aliphatic carbocycles. The van der Waals surface area contributed by atoms with Crippen molar-refractivity contribution in [3.8, 4) is 45.1 Å². The van der Waals surface area contributed by atoms with E-state index >= 15 is 0 Å². The van der Waals surface area contributed by atoms with Crippen LogP contribution in [0.4, 0.5) is 8.78 Å². The largest absolute Gasteiger partial charge is 0.494 e. The summed E-state index contributed by atoms with van der Waals surface area (Å²) in [6.45, 7) is 11.2. The number of rotatable bonds is 12. The molecule has 0 bridgehead atoms. The first-order chi connectivity index (χ1) is 32.4. The number of hydrogen-bond acceptors (Lipinski definition) is 10. The maximum absolute atomic E-state index is 14.0. The highest BCUT2D eigenvalue weighted by molar-refractivity contribution is 14.1. The standard InChI is InChI=1S/C23H21FN2O3.C16H26BNO3.C13H7FINO2/c1-26(2)12-13-28-17-10-8-16(9-11-17)22-19(15-6-4-3-5-7-15)20-21(27)18(24)14-25-23(20)29-22;1-15(2)16(3,4)21-17(20-15)13-7-9-14(10-8-13)19-12-11-18(5)6;14-8-6-16-13-10(11(8)17)9(12(15)18-13)7-4-2-1-3-5-7/h3-11,14H,12-13H2,1-2H3,(H,25,27);7-10H,11-12H2,1-6H3;1-6H,(H,16,17). The summed E-state index contributed by atoms with van der Waals surface area (Å²) in [5, 5.41) is 0.461. The Labute approximate surface area is 407 Å². The van der Waals surface area contributed by atoms with Crippen molar-refractivity contribution in [2.24, 2.45) is 0 Å². The zero-order valence-electron chi connectivity index (χ0n) is 39.2. The van der Waals surface area contributed by atoms with E-state index in [9.17, 15) is 18.4 Å². The van der Waals surface area contributed by atoms with Crippen molar-refractivity contribution in [1.29, 1.82) is 0 Å². The molecule has 68 heavy (non-hydrogen) atoms. The lowest BCUT2D eigenvalue weighted by molar-refractivity contribution is 0.00578. The molecule has 1 aliphatic heterocycles. The SMILES string of the molecule is CN(C)CCOc1ccc(-c2oc3[nH]cc(F)c(=O)c3c2-c2ccccc2)cc1.CN(C)CCOc1ccc(B2OC(C)(C)C(C)(C)O2)cc1.O=c1c(F)c[nH]c2oc(I)c(-c3ccccc3)c12. The van der Waals surface area contributed by atoms with Crippen molar-refractivity contribution in [2.45, 2.75) is 38.9 Å². The molecule has 0 spiro atoms. The lowest BCUT2D eigenvalue weighted by Crippen LogP contribution is -2.41. The summed E-state index contributed by atoms with van der Waals surface area (Å²) in [7, 11) is 7.73. The van der Waals surface area contributed by atoms with Crippen LogP contribution >= 0.6 is 22.6 Å². The average molecular weight is 1040 g/mol. The van der Waals surface area contributed by atoms with E-state index in [1.54, 1.807) is 0 Å². The van der Waals surface area contributed by atoms with Gasteiger partial charge in [-0.3, -0.25) is 9.59 Å².